The SMILES string of the molecule is OC1C=C(c2cc(Br)ccn2)c2ccccc21. The highest BCUT2D eigenvalue weighted by molar-refractivity contribution is 9.10. The summed E-state index contributed by atoms with van der Waals surface area (Å²) in [5, 5.41) is 9.97. The summed E-state index contributed by atoms with van der Waals surface area (Å²) in [6, 6.07) is 11.7. The number of aromatic nitrogens is 1. The van der Waals surface area contributed by atoms with Crippen molar-refractivity contribution < 1.29 is 5.11 Å². The second-order valence-corrected chi connectivity index (χ2v) is 4.89. The highest BCUT2D eigenvalue weighted by Gasteiger charge is 2.22. The highest BCUT2D eigenvalue weighted by Crippen LogP contribution is 2.37. The number of rotatable bonds is 1. The van der Waals surface area contributed by atoms with Gasteiger partial charge in [0, 0.05) is 16.2 Å². The summed E-state index contributed by atoms with van der Waals surface area (Å²) in [4.78, 5) is 4.35. The molecule has 0 spiro atoms. The van der Waals surface area contributed by atoms with Crippen molar-refractivity contribution >= 4 is 21.5 Å². The molecule has 3 heteroatoms. The van der Waals surface area contributed by atoms with Crippen LogP contribution in [-0.2, 0) is 0 Å². The molecule has 2 aromatic rings. The van der Waals surface area contributed by atoms with E-state index >= 15 is 0 Å². The van der Waals surface area contributed by atoms with Crippen LogP contribution in [0.25, 0.3) is 5.57 Å². The number of pyridine rings is 1. The fraction of sp³-hybridized carbons (Fsp3) is 0.0714. The molecule has 0 amide bonds. The summed E-state index contributed by atoms with van der Waals surface area (Å²) in [6.45, 7) is 0. The summed E-state index contributed by atoms with van der Waals surface area (Å²) in [5.74, 6) is 0. The van der Waals surface area contributed by atoms with Crippen LogP contribution >= 0.6 is 15.9 Å². The number of fused-ring (bicyclic) bond motifs is 1. The van der Waals surface area contributed by atoms with E-state index in [1.807, 2.05) is 42.5 Å². The van der Waals surface area contributed by atoms with Crippen molar-refractivity contribution in [1.82, 2.24) is 4.98 Å². The van der Waals surface area contributed by atoms with Gasteiger partial charge in [-0.3, -0.25) is 4.98 Å². The number of hydrogen-bond donors (Lipinski definition) is 1. The molecule has 1 unspecified atom stereocenters. The molecule has 0 fully saturated rings. The fourth-order valence-corrected chi connectivity index (χ4v) is 2.45. The van der Waals surface area contributed by atoms with Gasteiger partial charge in [0.15, 0.2) is 0 Å². The topological polar surface area (TPSA) is 33.1 Å². The molecule has 0 aliphatic heterocycles. The lowest BCUT2D eigenvalue weighted by Crippen LogP contribution is -1.91. The van der Waals surface area contributed by atoms with Crippen LogP contribution in [0.15, 0.2) is 53.1 Å². The molecule has 1 aromatic carbocycles. The maximum absolute atomic E-state index is 9.97. The first-order valence-electron chi connectivity index (χ1n) is 5.37. The van der Waals surface area contributed by atoms with E-state index in [1.165, 1.54) is 0 Å². The van der Waals surface area contributed by atoms with Gasteiger partial charge in [-0.2, -0.15) is 0 Å². The largest absolute Gasteiger partial charge is 0.384 e. The molecular formula is C14H10BrNO. The van der Waals surface area contributed by atoms with E-state index in [1.54, 1.807) is 6.20 Å². The Bertz CT molecular complexity index is 607. The minimum absolute atomic E-state index is 0.526. The third-order valence-electron chi connectivity index (χ3n) is 2.89. The summed E-state index contributed by atoms with van der Waals surface area (Å²) in [5.41, 5.74) is 3.88. The number of benzene rings is 1. The highest BCUT2D eigenvalue weighted by atomic mass is 79.9. The lowest BCUT2D eigenvalue weighted by Gasteiger charge is -2.05. The Hall–Kier alpha value is -1.45. The number of hydrogen-bond acceptors (Lipinski definition) is 2. The molecule has 84 valence electrons. The molecule has 17 heavy (non-hydrogen) atoms. The minimum Gasteiger partial charge on any atom is -0.384 e. The van der Waals surface area contributed by atoms with Crippen LogP contribution in [0.5, 0.6) is 0 Å². The van der Waals surface area contributed by atoms with E-state index in [-0.39, 0.29) is 0 Å². The van der Waals surface area contributed by atoms with Crippen LogP contribution in [-0.4, -0.2) is 10.1 Å². The third kappa shape index (κ3) is 1.81. The normalized spacial score (nSPS) is 17.8. The van der Waals surface area contributed by atoms with Gasteiger partial charge in [0.25, 0.3) is 0 Å². The monoisotopic (exact) mass is 287 g/mol. The van der Waals surface area contributed by atoms with E-state index in [4.69, 9.17) is 0 Å². The van der Waals surface area contributed by atoms with Gasteiger partial charge in [-0.25, -0.2) is 0 Å². The molecule has 0 saturated carbocycles. The quantitative estimate of drug-likeness (QED) is 0.873. The second kappa shape index (κ2) is 4.09. The van der Waals surface area contributed by atoms with Gasteiger partial charge in [0.05, 0.1) is 11.8 Å². The molecule has 3 rings (SSSR count). The zero-order chi connectivity index (χ0) is 11.8. The smallest absolute Gasteiger partial charge is 0.0987 e. The Kier molecular flexibility index (Phi) is 2.57. The number of halogens is 1. The standard InChI is InChI=1S/C14H10BrNO/c15-9-5-6-16-13(7-9)12-8-14(17)11-4-2-1-3-10(11)12/h1-8,14,17H. The van der Waals surface area contributed by atoms with E-state index in [2.05, 4.69) is 20.9 Å². The Labute approximate surface area is 108 Å². The molecule has 1 N–H and O–H groups in total. The average Bonchev–Trinajstić information content (AvgIpc) is 2.68. The summed E-state index contributed by atoms with van der Waals surface area (Å²) in [7, 11) is 0. The zero-order valence-electron chi connectivity index (χ0n) is 8.97. The molecule has 0 saturated heterocycles. The van der Waals surface area contributed by atoms with Gasteiger partial charge in [-0.1, -0.05) is 40.2 Å². The predicted octanol–water partition coefficient (Wildman–Crippen LogP) is 3.32. The molecule has 1 atom stereocenters. The van der Waals surface area contributed by atoms with Crippen LogP contribution in [0.2, 0.25) is 0 Å². The lowest BCUT2D eigenvalue weighted by molar-refractivity contribution is 0.232. The molecule has 1 aliphatic rings. The van der Waals surface area contributed by atoms with Gasteiger partial charge in [-0.15, -0.1) is 0 Å². The number of nitrogens with zero attached hydrogens (tertiary/aromatic N) is 1. The van der Waals surface area contributed by atoms with Crippen molar-refractivity contribution in [2.45, 2.75) is 6.10 Å². The Morgan fingerprint density at radius 1 is 1.18 bits per heavy atom. The lowest BCUT2D eigenvalue weighted by atomic mass is 10.0. The van der Waals surface area contributed by atoms with Crippen molar-refractivity contribution in [3.8, 4) is 0 Å². The molecule has 0 radical (unpaired) electrons. The average molecular weight is 288 g/mol. The first-order valence-corrected chi connectivity index (χ1v) is 6.16. The number of aliphatic hydroxyl groups is 1. The third-order valence-corrected chi connectivity index (χ3v) is 3.39. The maximum Gasteiger partial charge on any atom is 0.0987 e. The van der Waals surface area contributed by atoms with Crippen molar-refractivity contribution in [3.05, 3.63) is 70.0 Å². The van der Waals surface area contributed by atoms with E-state index in [0.717, 1.165) is 26.9 Å². The van der Waals surface area contributed by atoms with E-state index in [9.17, 15) is 5.11 Å². The van der Waals surface area contributed by atoms with Gasteiger partial charge < -0.3 is 5.11 Å². The number of aliphatic hydroxyl groups excluding tert-OH is 1. The summed E-state index contributed by atoms with van der Waals surface area (Å²) in [6.07, 6.45) is 3.08. The van der Waals surface area contributed by atoms with Crippen molar-refractivity contribution in [3.63, 3.8) is 0 Å². The maximum atomic E-state index is 9.97. The first kappa shape index (κ1) is 10.7. The Morgan fingerprint density at radius 2 is 2.00 bits per heavy atom. The molecule has 0 bridgehead atoms. The molecular weight excluding hydrogens is 278 g/mol. The van der Waals surface area contributed by atoms with Crippen molar-refractivity contribution in [2.24, 2.45) is 0 Å². The molecule has 1 heterocycles. The Balaban J connectivity index is 2.15. The first-order chi connectivity index (χ1) is 8.25. The van der Waals surface area contributed by atoms with Crippen LogP contribution in [0.4, 0.5) is 0 Å². The van der Waals surface area contributed by atoms with Gasteiger partial charge >= 0.3 is 0 Å². The molecule has 2 nitrogen and oxygen atoms in total. The molecule has 1 aliphatic carbocycles. The van der Waals surface area contributed by atoms with E-state index in [0.29, 0.717) is 0 Å². The predicted molar refractivity (Wildman–Crippen MR) is 70.4 cm³/mol. The van der Waals surface area contributed by atoms with Gasteiger partial charge in [0.1, 0.15) is 0 Å². The zero-order valence-corrected chi connectivity index (χ0v) is 10.6. The van der Waals surface area contributed by atoms with Crippen LogP contribution in [0.3, 0.4) is 0 Å². The van der Waals surface area contributed by atoms with Crippen LogP contribution < -0.4 is 0 Å². The second-order valence-electron chi connectivity index (χ2n) is 3.97. The molecule has 1 aromatic heterocycles. The minimum atomic E-state index is -0.526. The summed E-state index contributed by atoms with van der Waals surface area (Å²) < 4.78 is 0.988. The fourth-order valence-electron chi connectivity index (χ4n) is 2.11. The van der Waals surface area contributed by atoms with Crippen molar-refractivity contribution in [2.75, 3.05) is 0 Å². The van der Waals surface area contributed by atoms with E-state index < -0.39 is 6.10 Å². The van der Waals surface area contributed by atoms with Crippen LogP contribution in [0, 0.1) is 0 Å². The summed E-state index contributed by atoms with van der Waals surface area (Å²) >= 11 is 3.43. The Morgan fingerprint density at radius 3 is 2.82 bits per heavy atom. The van der Waals surface area contributed by atoms with Crippen molar-refractivity contribution in [1.29, 1.82) is 0 Å². The van der Waals surface area contributed by atoms with Crippen LogP contribution in [0.1, 0.15) is 22.9 Å². The van der Waals surface area contributed by atoms with Gasteiger partial charge in [-0.05, 0) is 29.3 Å². The van der Waals surface area contributed by atoms with Gasteiger partial charge in [0.2, 0.25) is 0 Å².